The van der Waals surface area contributed by atoms with Crippen LogP contribution in [-0.2, 0) is 4.74 Å². The summed E-state index contributed by atoms with van der Waals surface area (Å²) in [7, 11) is 0. The Morgan fingerprint density at radius 2 is 1.93 bits per heavy atom. The number of hydrogen-bond donors (Lipinski definition) is 1. The maximum absolute atomic E-state index is 11.2. The quantitative estimate of drug-likeness (QED) is 0.434. The van der Waals surface area contributed by atoms with Gasteiger partial charge < -0.3 is 4.74 Å². The first-order valence-electron chi connectivity index (χ1n) is 5.06. The van der Waals surface area contributed by atoms with E-state index in [0.717, 1.165) is 19.3 Å². The van der Waals surface area contributed by atoms with Gasteiger partial charge in [0.1, 0.15) is 5.60 Å². The molecule has 0 spiro atoms. The van der Waals surface area contributed by atoms with E-state index in [9.17, 15) is 10.0 Å². The van der Waals surface area contributed by atoms with Gasteiger partial charge >= 0.3 is 6.09 Å². The van der Waals surface area contributed by atoms with Gasteiger partial charge in [0.2, 0.25) is 0 Å². The van der Waals surface area contributed by atoms with Gasteiger partial charge in [0.05, 0.1) is 6.54 Å². The van der Waals surface area contributed by atoms with Gasteiger partial charge in [-0.05, 0) is 27.2 Å². The van der Waals surface area contributed by atoms with Crippen molar-refractivity contribution in [2.75, 3.05) is 6.54 Å². The molecule has 0 aromatic carbocycles. The molecule has 0 saturated heterocycles. The van der Waals surface area contributed by atoms with Crippen molar-refractivity contribution in [3.05, 3.63) is 0 Å². The van der Waals surface area contributed by atoms with E-state index in [1.165, 1.54) is 0 Å². The Kier molecular flexibility index (Phi) is 5.53. The molecule has 1 N–H and O–H groups in total. The minimum atomic E-state index is -0.673. The van der Waals surface area contributed by atoms with Crippen molar-refractivity contribution in [2.24, 2.45) is 0 Å². The van der Waals surface area contributed by atoms with E-state index in [2.05, 4.69) is 6.92 Å². The van der Waals surface area contributed by atoms with Gasteiger partial charge in [0.15, 0.2) is 0 Å². The van der Waals surface area contributed by atoms with Crippen LogP contribution in [0.2, 0.25) is 0 Å². The number of amides is 1. The molecule has 0 aliphatic rings. The van der Waals surface area contributed by atoms with Crippen molar-refractivity contribution >= 4 is 6.09 Å². The molecule has 0 radical (unpaired) electrons. The van der Waals surface area contributed by atoms with Crippen LogP contribution in [0.15, 0.2) is 0 Å². The molecule has 0 aliphatic heterocycles. The van der Waals surface area contributed by atoms with E-state index in [1.807, 2.05) is 0 Å². The van der Waals surface area contributed by atoms with Crippen LogP contribution in [0.3, 0.4) is 0 Å². The summed E-state index contributed by atoms with van der Waals surface area (Å²) in [6, 6.07) is 0. The van der Waals surface area contributed by atoms with Crippen LogP contribution in [-0.4, -0.2) is 28.5 Å². The van der Waals surface area contributed by atoms with Crippen molar-refractivity contribution in [3.63, 3.8) is 0 Å². The van der Waals surface area contributed by atoms with Crippen molar-refractivity contribution in [1.29, 1.82) is 0 Å². The lowest BCUT2D eigenvalue weighted by atomic mass is 10.2. The first-order chi connectivity index (χ1) is 6.37. The summed E-state index contributed by atoms with van der Waals surface area (Å²) in [5.41, 5.74) is -0.553. The molecule has 0 atom stereocenters. The smallest absolute Gasteiger partial charge is 0.434 e. The van der Waals surface area contributed by atoms with Crippen LogP contribution in [0, 0.1) is 0 Å². The fourth-order valence-corrected chi connectivity index (χ4v) is 0.917. The number of ether oxygens (including phenoxy) is 1. The van der Waals surface area contributed by atoms with Crippen molar-refractivity contribution in [3.8, 4) is 0 Å². The summed E-state index contributed by atoms with van der Waals surface area (Å²) in [5, 5.41) is 9.91. The highest BCUT2D eigenvalue weighted by Gasteiger charge is 2.20. The molecular weight excluding hydrogens is 182 g/mol. The highest BCUT2D eigenvalue weighted by atomic mass is 16.6. The van der Waals surface area contributed by atoms with E-state index in [-0.39, 0.29) is 0 Å². The predicted molar refractivity (Wildman–Crippen MR) is 54.3 cm³/mol. The molecule has 0 bridgehead atoms. The summed E-state index contributed by atoms with van der Waals surface area (Å²) in [5.74, 6) is 0. The average Bonchev–Trinajstić information content (AvgIpc) is 2.01. The van der Waals surface area contributed by atoms with E-state index in [0.29, 0.717) is 11.6 Å². The van der Waals surface area contributed by atoms with Gasteiger partial charge in [-0.2, -0.15) is 5.06 Å². The maximum atomic E-state index is 11.2. The molecule has 0 saturated carbocycles. The lowest BCUT2D eigenvalue weighted by molar-refractivity contribution is -0.0943. The lowest BCUT2D eigenvalue weighted by Gasteiger charge is -2.23. The minimum absolute atomic E-state index is 0.336. The normalized spacial score (nSPS) is 11.2. The first kappa shape index (κ1) is 13.2. The molecule has 0 fully saturated rings. The van der Waals surface area contributed by atoms with Gasteiger partial charge in [0, 0.05) is 0 Å². The lowest BCUT2D eigenvalue weighted by Crippen LogP contribution is -2.35. The molecule has 0 unspecified atom stereocenters. The van der Waals surface area contributed by atoms with E-state index in [4.69, 9.17) is 4.74 Å². The van der Waals surface area contributed by atoms with Gasteiger partial charge in [-0.15, -0.1) is 0 Å². The number of unbranched alkanes of at least 4 members (excludes halogenated alkanes) is 2. The number of rotatable bonds is 4. The highest BCUT2D eigenvalue weighted by molar-refractivity contribution is 5.66. The summed E-state index contributed by atoms with van der Waals surface area (Å²) < 4.78 is 4.97. The summed E-state index contributed by atoms with van der Waals surface area (Å²) in [4.78, 5) is 11.2. The van der Waals surface area contributed by atoms with Crippen molar-refractivity contribution in [2.45, 2.75) is 52.6 Å². The SMILES string of the molecule is CCCCCN(O)C(=O)OC(C)(C)C. The molecule has 0 aliphatic carbocycles. The zero-order valence-electron chi connectivity index (χ0n) is 9.54. The molecule has 84 valence electrons. The second-order valence-corrected chi connectivity index (χ2v) is 4.31. The molecule has 4 nitrogen and oxygen atoms in total. The Bertz CT molecular complexity index is 175. The molecule has 14 heavy (non-hydrogen) atoms. The number of carbonyl (C=O) groups excluding carboxylic acids is 1. The molecule has 4 heteroatoms. The molecule has 1 amide bonds. The van der Waals surface area contributed by atoms with Crippen molar-refractivity contribution < 1.29 is 14.7 Å². The second kappa shape index (κ2) is 5.86. The molecule has 0 aromatic heterocycles. The molecular formula is C10H21NO3. The molecule has 0 heterocycles. The third kappa shape index (κ3) is 6.71. The molecule has 0 rings (SSSR count). The third-order valence-electron chi connectivity index (χ3n) is 1.58. The van der Waals surface area contributed by atoms with E-state index in [1.54, 1.807) is 20.8 Å². The van der Waals surface area contributed by atoms with Crippen LogP contribution in [0.4, 0.5) is 4.79 Å². The second-order valence-electron chi connectivity index (χ2n) is 4.31. The Labute approximate surface area is 85.8 Å². The van der Waals surface area contributed by atoms with Gasteiger partial charge in [-0.3, -0.25) is 5.21 Å². The Balaban J connectivity index is 3.77. The monoisotopic (exact) mass is 203 g/mol. The zero-order valence-corrected chi connectivity index (χ0v) is 9.54. The fourth-order valence-electron chi connectivity index (χ4n) is 0.917. The minimum Gasteiger partial charge on any atom is -0.442 e. The van der Waals surface area contributed by atoms with Crippen molar-refractivity contribution in [1.82, 2.24) is 5.06 Å². The van der Waals surface area contributed by atoms with Gasteiger partial charge in [-0.25, -0.2) is 4.79 Å². The van der Waals surface area contributed by atoms with Crippen LogP contribution in [0.1, 0.15) is 47.0 Å². The maximum Gasteiger partial charge on any atom is 0.434 e. The first-order valence-corrected chi connectivity index (χ1v) is 5.06. The standard InChI is InChI=1S/C10H21NO3/c1-5-6-7-8-11(13)9(12)14-10(2,3)4/h13H,5-8H2,1-4H3. The Hall–Kier alpha value is -0.770. The van der Waals surface area contributed by atoms with E-state index < -0.39 is 11.7 Å². The highest BCUT2D eigenvalue weighted by Crippen LogP contribution is 2.09. The Morgan fingerprint density at radius 1 is 1.36 bits per heavy atom. The Morgan fingerprint density at radius 3 is 2.36 bits per heavy atom. The van der Waals surface area contributed by atoms with Crippen LogP contribution in [0.5, 0.6) is 0 Å². The van der Waals surface area contributed by atoms with Crippen LogP contribution >= 0.6 is 0 Å². The third-order valence-corrected chi connectivity index (χ3v) is 1.58. The predicted octanol–water partition coefficient (Wildman–Crippen LogP) is 2.80. The zero-order chi connectivity index (χ0) is 11.2. The van der Waals surface area contributed by atoms with Gasteiger partial charge in [0.25, 0.3) is 0 Å². The summed E-state index contributed by atoms with van der Waals surface area (Å²) in [6.07, 6.45) is 2.18. The average molecular weight is 203 g/mol. The number of hydrogen-bond acceptors (Lipinski definition) is 3. The number of nitrogens with zero attached hydrogens (tertiary/aromatic N) is 1. The topological polar surface area (TPSA) is 49.8 Å². The molecule has 0 aromatic rings. The fraction of sp³-hybridized carbons (Fsp3) is 0.900. The summed E-state index contributed by atoms with van der Waals surface area (Å²) >= 11 is 0. The van der Waals surface area contributed by atoms with Crippen LogP contribution < -0.4 is 0 Å². The largest absolute Gasteiger partial charge is 0.442 e. The van der Waals surface area contributed by atoms with Crippen LogP contribution in [0.25, 0.3) is 0 Å². The summed E-state index contributed by atoms with van der Waals surface area (Å²) in [6.45, 7) is 7.71. The number of carbonyl (C=O) groups is 1. The van der Waals surface area contributed by atoms with E-state index >= 15 is 0 Å². The number of hydroxylamine groups is 2. The van der Waals surface area contributed by atoms with Gasteiger partial charge in [-0.1, -0.05) is 19.8 Å².